The molecule has 2 amide bonds. The maximum atomic E-state index is 17.1. The number of alkyl halides is 2. The molecule has 0 spiro atoms. The molecule has 0 saturated carbocycles. The van der Waals surface area contributed by atoms with Gasteiger partial charge in [0.15, 0.2) is 61.3 Å². The minimum Gasteiger partial charge on any atom is -0.414 e. The molecule has 67 heavy (non-hydrogen) atoms. The number of carbonyl (C=O) groups is 2. The Labute approximate surface area is 389 Å². The highest BCUT2D eigenvalue weighted by atomic mass is 32.5. The maximum Gasteiger partial charge on any atom is 0.327 e. The van der Waals surface area contributed by atoms with Crippen molar-refractivity contribution in [2.45, 2.75) is 108 Å². The average molecular weight is 990 g/mol. The summed E-state index contributed by atoms with van der Waals surface area (Å²) in [6, 6.07) is 8.43. The Morgan fingerprint density at radius 1 is 0.985 bits per heavy atom. The van der Waals surface area contributed by atoms with Crippen molar-refractivity contribution in [3.63, 3.8) is 0 Å². The van der Waals surface area contributed by atoms with Crippen LogP contribution in [0.3, 0.4) is 0 Å². The molecule has 2 fully saturated rings. The fraction of sp³-hybridized carbons (Fsp3) is 0.537. The smallest absolute Gasteiger partial charge is 0.327 e. The highest BCUT2D eigenvalue weighted by molar-refractivity contribution is 8.07. The molecule has 6 heterocycles. The summed E-state index contributed by atoms with van der Waals surface area (Å²) in [6.07, 6.45) is -7.46. The summed E-state index contributed by atoms with van der Waals surface area (Å²) in [6.45, 7) is 8.47. The normalized spacial score (nSPS) is 24.5. The fourth-order valence-electron chi connectivity index (χ4n) is 6.83. The fourth-order valence-corrected chi connectivity index (χ4v) is 9.92. The van der Waals surface area contributed by atoms with Gasteiger partial charge < -0.3 is 38.4 Å². The predicted octanol–water partition coefficient (Wildman–Crippen LogP) is 5.39. The summed E-state index contributed by atoms with van der Waals surface area (Å²) in [5.74, 6) is -1.44. The zero-order chi connectivity index (χ0) is 48.4. The number of aliphatic hydroxyl groups is 1. The Morgan fingerprint density at radius 2 is 1.67 bits per heavy atom. The molecule has 1 unspecified atom stereocenters. The Kier molecular flexibility index (Phi) is 15.3. The van der Waals surface area contributed by atoms with Gasteiger partial charge in [0.1, 0.15) is 30.7 Å². The van der Waals surface area contributed by atoms with Crippen molar-refractivity contribution < 1.29 is 50.9 Å². The summed E-state index contributed by atoms with van der Waals surface area (Å²) in [5, 5.41) is 16.2. The molecule has 2 saturated heterocycles. The van der Waals surface area contributed by atoms with Crippen LogP contribution in [0.2, 0.25) is 18.1 Å². The van der Waals surface area contributed by atoms with Crippen LogP contribution in [0.1, 0.15) is 63.9 Å². The van der Waals surface area contributed by atoms with Gasteiger partial charge in [-0.25, -0.2) is 28.7 Å². The molecule has 0 aliphatic carbocycles. The third kappa shape index (κ3) is 10.9. The number of rotatable bonds is 18. The Morgan fingerprint density at radius 3 is 2.36 bits per heavy atom. The van der Waals surface area contributed by atoms with Gasteiger partial charge in [-0.2, -0.15) is 4.98 Å². The third-order valence-electron chi connectivity index (χ3n) is 11.7. The molecular weight excluding hydrogens is 936 g/mol. The number of halogens is 2. The number of aromatic amines is 1. The molecule has 4 N–H and O–H groups in total. The number of hydrogen-bond acceptors (Lipinski definition) is 17. The molecule has 1 aromatic carbocycles. The standard InChI is InChI=1S/C41H54F2N11O10PSSi/c1-22(2)35(56)51-40-50-34-29(37(58)52-40)48-21-54(34)39-31(26(42)24(62-39)18-61-67(7,8)41(3,4)5)64-65(66,59-16-12-15-44-6)60-17-25-30(55)27(43)38(63-25)53-20-47-28-32(45-19-46-33(28)53)49-36(57)23-13-10-9-11-14-23/h9-11,13-15,19-22,24-27,30-31,38-39,55H,12,16-18H2,1-8H3,(H,45,46,49,57)(H2,50,51,52,56,58)/t24-,25-,26-,27+,30-,31+,38-,39-,65?/m1/s1. The van der Waals surface area contributed by atoms with E-state index in [-0.39, 0.29) is 58.8 Å². The molecule has 0 bridgehead atoms. The Balaban J connectivity index is 1.16. The van der Waals surface area contributed by atoms with Crippen molar-refractivity contribution >= 4 is 79.0 Å². The van der Waals surface area contributed by atoms with Crippen LogP contribution in [0.25, 0.3) is 22.3 Å². The number of aliphatic imine (C=N–C) groups is 1. The zero-order valence-electron chi connectivity index (χ0n) is 38.0. The van der Waals surface area contributed by atoms with Crippen molar-refractivity contribution in [3.05, 3.63) is 65.2 Å². The van der Waals surface area contributed by atoms with Gasteiger partial charge in [0, 0.05) is 31.2 Å². The van der Waals surface area contributed by atoms with Crippen molar-refractivity contribution in [1.82, 2.24) is 39.0 Å². The van der Waals surface area contributed by atoms with E-state index in [1.165, 1.54) is 28.1 Å². The molecule has 362 valence electrons. The minimum absolute atomic E-state index is 0.0632. The molecule has 21 nitrogen and oxygen atoms in total. The molecule has 26 heteroatoms. The third-order valence-corrected chi connectivity index (χ3v) is 18.5. The van der Waals surface area contributed by atoms with E-state index in [9.17, 15) is 19.5 Å². The summed E-state index contributed by atoms with van der Waals surface area (Å²) in [7, 11) is -0.883. The van der Waals surface area contributed by atoms with Crippen LogP contribution in [0, 0.1) is 5.92 Å². The number of carbonyl (C=O) groups excluding carboxylic acids is 2. The van der Waals surface area contributed by atoms with Gasteiger partial charge in [0.05, 0.1) is 32.5 Å². The Hall–Kier alpha value is -4.82. The summed E-state index contributed by atoms with van der Waals surface area (Å²) >= 11 is 5.92. The van der Waals surface area contributed by atoms with E-state index < -0.39 is 94.1 Å². The van der Waals surface area contributed by atoms with E-state index in [0.717, 1.165) is 0 Å². The van der Waals surface area contributed by atoms with Crippen molar-refractivity contribution in [2.75, 3.05) is 37.5 Å². The Bertz CT molecular complexity index is 2710. The van der Waals surface area contributed by atoms with Gasteiger partial charge in [-0.1, -0.05) is 52.8 Å². The second-order valence-corrected chi connectivity index (χ2v) is 25.5. The van der Waals surface area contributed by atoms with Crippen molar-refractivity contribution in [1.29, 1.82) is 0 Å². The van der Waals surface area contributed by atoms with E-state index in [4.69, 9.17) is 39.3 Å². The number of fused-ring (bicyclic) bond motifs is 2. The molecule has 4 aromatic heterocycles. The number of nitrogens with one attached hydrogen (secondary N) is 3. The largest absolute Gasteiger partial charge is 0.414 e. The number of anilines is 2. The highest BCUT2D eigenvalue weighted by Crippen LogP contribution is 2.55. The van der Waals surface area contributed by atoms with E-state index in [1.54, 1.807) is 57.4 Å². The second-order valence-electron chi connectivity index (χ2n) is 17.7. The molecular formula is C41H54F2N11O10PSSi. The number of aromatic nitrogens is 8. The first-order chi connectivity index (χ1) is 31.7. The van der Waals surface area contributed by atoms with Crippen LogP contribution in [0.15, 0.2) is 59.1 Å². The van der Waals surface area contributed by atoms with Gasteiger partial charge in [-0.15, -0.1) is 0 Å². The monoisotopic (exact) mass is 989 g/mol. The first kappa shape index (κ1) is 50.1. The minimum atomic E-state index is -4.12. The lowest BCUT2D eigenvalue weighted by Gasteiger charge is -2.37. The number of nitrogens with zero attached hydrogens (tertiary/aromatic N) is 8. The highest BCUT2D eigenvalue weighted by Gasteiger charge is 2.52. The average Bonchev–Trinajstić information content (AvgIpc) is 4.05. The SMILES string of the molecule is CN=CCCOP(=S)(OC[C@H]1O[C@@H](n2cnc3c(NC(=O)c4ccccc4)ncnc32)[C@@H](F)[C@@H]1O)O[C@H]1[C@H](F)[C@@H](CO[Si](C)(C)C(C)(C)C)O[C@H]1n1cnc2c(=O)[nH]c(NC(=O)C(C)C)nc21. The summed E-state index contributed by atoms with van der Waals surface area (Å²) in [5.41, 5.74) is -0.295. The van der Waals surface area contributed by atoms with Gasteiger partial charge in [-0.05, 0) is 42.1 Å². The van der Waals surface area contributed by atoms with Crippen molar-refractivity contribution in [2.24, 2.45) is 10.9 Å². The van der Waals surface area contributed by atoms with Crippen LogP contribution < -0.4 is 16.2 Å². The lowest BCUT2D eigenvalue weighted by Crippen LogP contribution is -2.44. The quantitative estimate of drug-likeness (QED) is 0.0371. The van der Waals surface area contributed by atoms with Gasteiger partial charge in [-0.3, -0.25) is 38.3 Å². The van der Waals surface area contributed by atoms with E-state index in [0.29, 0.717) is 5.56 Å². The van der Waals surface area contributed by atoms with E-state index in [2.05, 4.69) is 45.5 Å². The lowest BCUT2D eigenvalue weighted by atomic mass is 10.1. The number of benzene rings is 1. The molecule has 0 radical (unpaired) electrons. The van der Waals surface area contributed by atoms with Crippen LogP contribution in [-0.2, 0) is 44.1 Å². The predicted molar refractivity (Wildman–Crippen MR) is 248 cm³/mol. The van der Waals surface area contributed by atoms with Gasteiger partial charge in [0.25, 0.3) is 11.5 Å². The molecule has 2 aliphatic heterocycles. The topological polar surface area (TPSA) is 253 Å². The van der Waals surface area contributed by atoms with Gasteiger partial charge >= 0.3 is 6.72 Å². The second kappa shape index (κ2) is 20.4. The first-order valence-corrected chi connectivity index (χ1v) is 26.9. The number of ether oxygens (including phenoxy) is 2. The van der Waals surface area contributed by atoms with Crippen LogP contribution >= 0.6 is 6.72 Å². The maximum absolute atomic E-state index is 17.1. The van der Waals surface area contributed by atoms with Crippen LogP contribution in [0.4, 0.5) is 20.5 Å². The molecule has 2 aliphatic rings. The zero-order valence-corrected chi connectivity index (χ0v) is 40.7. The first-order valence-electron chi connectivity index (χ1n) is 21.4. The lowest BCUT2D eigenvalue weighted by molar-refractivity contribution is -0.118. The van der Waals surface area contributed by atoms with Gasteiger partial charge in [0.2, 0.25) is 11.9 Å². The van der Waals surface area contributed by atoms with E-state index in [1.807, 2.05) is 33.9 Å². The summed E-state index contributed by atoms with van der Waals surface area (Å²) < 4.78 is 73.1. The number of imidazole rings is 2. The molecule has 9 atom stereocenters. The number of hydrogen-bond donors (Lipinski definition) is 4. The number of aliphatic hydroxyl groups excluding tert-OH is 1. The van der Waals surface area contributed by atoms with E-state index >= 15 is 8.78 Å². The van der Waals surface area contributed by atoms with Crippen molar-refractivity contribution in [3.8, 4) is 0 Å². The number of H-pyrrole nitrogens is 1. The summed E-state index contributed by atoms with van der Waals surface area (Å²) in [4.78, 5) is 66.5. The molecule has 5 aromatic rings. The number of amides is 2. The van der Waals surface area contributed by atoms with Crippen LogP contribution in [0.5, 0.6) is 0 Å². The van der Waals surface area contributed by atoms with Crippen LogP contribution in [-0.4, -0.2) is 134 Å². The molecule has 7 rings (SSSR count).